The van der Waals surface area contributed by atoms with Crippen molar-refractivity contribution >= 4 is 34.8 Å². The number of nitrogens with zero attached hydrogens (tertiary/aromatic N) is 3. The molecule has 2 fully saturated rings. The summed E-state index contributed by atoms with van der Waals surface area (Å²) in [5, 5.41) is 6.64. The van der Waals surface area contributed by atoms with Gasteiger partial charge in [0.15, 0.2) is 0 Å². The monoisotopic (exact) mass is 386 g/mol. The van der Waals surface area contributed by atoms with E-state index in [-0.39, 0.29) is 17.9 Å². The number of anilines is 2. The Labute approximate surface area is 163 Å². The van der Waals surface area contributed by atoms with Crippen molar-refractivity contribution in [2.45, 2.75) is 51.7 Å². The summed E-state index contributed by atoms with van der Waals surface area (Å²) in [5.74, 6) is 1.12. The summed E-state index contributed by atoms with van der Waals surface area (Å²) < 4.78 is 5.34. The van der Waals surface area contributed by atoms with Crippen molar-refractivity contribution in [3.63, 3.8) is 0 Å². The molecule has 2 amide bonds. The Hall–Kier alpha value is -2.84. The number of amides is 2. The van der Waals surface area contributed by atoms with E-state index >= 15 is 0 Å². The van der Waals surface area contributed by atoms with Gasteiger partial charge in [0.1, 0.15) is 17.1 Å². The van der Waals surface area contributed by atoms with Crippen LogP contribution in [-0.4, -0.2) is 51.7 Å². The molecule has 1 aliphatic carbocycles. The number of nitrogens with one attached hydrogen (secondary N) is 3. The molecule has 28 heavy (non-hydrogen) atoms. The van der Waals surface area contributed by atoms with Crippen LogP contribution in [0.1, 0.15) is 40.0 Å². The Balaban J connectivity index is 1.48. The fraction of sp³-hybridized carbons (Fsp3) is 0.579. The van der Waals surface area contributed by atoms with Crippen molar-refractivity contribution < 1.29 is 14.3 Å². The molecule has 2 aromatic rings. The van der Waals surface area contributed by atoms with E-state index in [0.29, 0.717) is 18.1 Å². The van der Waals surface area contributed by atoms with Crippen molar-refractivity contribution in [1.29, 1.82) is 0 Å². The largest absolute Gasteiger partial charge is 0.444 e. The molecule has 1 saturated heterocycles. The minimum Gasteiger partial charge on any atom is -0.444 e. The Bertz CT molecular complexity index is 899. The number of aromatic nitrogens is 3. The molecule has 150 valence electrons. The van der Waals surface area contributed by atoms with E-state index in [0.717, 1.165) is 37.0 Å². The molecule has 9 nitrogen and oxygen atoms in total. The third-order valence-corrected chi connectivity index (χ3v) is 4.79. The van der Waals surface area contributed by atoms with Gasteiger partial charge in [-0.2, -0.15) is 9.97 Å². The summed E-state index contributed by atoms with van der Waals surface area (Å²) in [6.45, 7) is 6.89. The highest BCUT2D eigenvalue weighted by molar-refractivity contribution is 5.95. The van der Waals surface area contributed by atoms with Gasteiger partial charge >= 0.3 is 6.09 Å². The lowest BCUT2D eigenvalue weighted by molar-refractivity contribution is -0.117. The second kappa shape index (κ2) is 6.96. The molecule has 3 heterocycles. The van der Waals surface area contributed by atoms with Crippen LogP contribution < -0.4 is 15.5 Å². The smallest absolute Gasteiger partial charge is 0.407 e. The average molecular weight is 386 g/mol. The molecule has 4 rings (SSSR count). The lowest BCUT2D eigenvalue weighted by Gasteiger charge is -2.22. The average Bonchev–Trinajstić information content (AvgIpc) is 3.17. The fourth-order valence-corrected chi connectivity index (χ4v) is 3.32. The number of ether oxygens (including phenoxy) is 1. The number of hydrogen-bond donors (Lipinski definition) is 3. The van der Waals surface area contributed by atoms with Gasteiger partial charge in [-0.3, -0.25) is 10.1 Å². The standard InChI is InChI=1S/C19H26N6O3/c1-19(2,3)28-18(27)21-12-7-9-25(10-12)15-13-6-8-20-14(13)22-17(23-15)24-16(26)11-4-5-11/h6,8,11-12H,4-5,7,9-10H2,1-3H3,(H,21,27)(H2,20,22,23,24,26)/t12-/m1/s1. The highest BCUT2D eigenvalue weighted by atomic mass is 16.6. The van der Waals surface area contributed by atoms with Gasteiger partial charge in [0.05, 0.1) is 11.4 Å². The number of carbonyl (C=O) groups is 2. The zero-order valence-corrected chi connectivity index (χ0v) is 16.4. The van der Waals surface area contributed by atoms with E-state index in [1.54, 1.807) is 0 Å². The van der Waals surface area contributed by atoms with Crippen LogP contribution >= 0.6 is 0 Å². The number of fused-ring (bicyclic) bond motifs is 1. The minimum atomic E-state index is -0.527. The number of alkyl carbamates (subject to hydrolysis) is 1. The van der Waals surface area contributed by atoms with Crippen LogP contribution in [0.25, 0.3) is 11.0 Å². The molecule has 2 aliphatic rings. The maximum absolute atomic E-state index is 12.1. The molecular formula is C19H26N6O3. The lowest BCUT2D eigenvalue weighted by atomic mass is 10.2. The molecule has 0 unspecified atom stereocenters. The Morgan fingerprint density at radius 1 is 1.25 bits per heavy atom. The predicted octanol–water partition coefficient (Wildman–Crippen LogP) is 2.41. The first-order valence-electron chi connectivity index (χ1n) is 9.69. The second-order valence-electron chi connectivity index (χ2n) is 8.45. The molecule has 0 bridgehead atoms. The quantitative estimate of drug-likeness (QED) is 0.744. The summed E-state index contributed by atoms with van der Waals surface area (Å²) in [6.07, 6.45) is 4.04. The number of carbonyl (C=O) groups excluding carboxylic acids is 2. The predicted molar refractivity (Wildman–Crippen MR) is 105 cm³/mol. The fourth-order valence-electron chi connectivity index (χ4n) is 3.32. The van der Waals surface area contributed by atoms with E-state index < -0.39 is 11.7 Å². The molecule has 9 heteroatoms. The number of H-pyrrole nitrogens is 1. The van der Waals surface area contributed by atoms with Crippen molar-refractivity contribution in [2.75, 3.05) is 23.3 Å². The molecule has 1 atom stereocenters. The van der Waals surface area contributed by atoms with Crippen LogP contribution in [0.2, 0.25) is 0 Å². The van der Waals surface area contributed by atoms with Crippen LogP contribution in [0.3, 0.4) is 0 Å². The van der Waals surface area contributed by atoms with E-state index in [1.807, 2.05) is 33.0 Å². The van der Waals surface area contributed by atoms with Gasteiger partial charge < -0.3 is 19.9 Å². The maximum atomic E-state index is 12.1. The Morgan fingerprint density at radius 2 is 2.04 bits per heavy atom. The van der Waals surface area contributed by atoms with E-state index in [9.17, 15) is 9.59 Å². The molecule has 0 aromatic carbocycles. The van der Waals surface area contributed by atoms with Gasteiger partial charge in [-0.1, -0.05) is 0 Å². The van der Waals surface area contributed by atoms with Gasteiger partial charge in [-0.05, 0) is 46.1 Å². The summed E-state index contributed by atoms with van der Waals surface area (Å²) in [4.78, 5) is 38.3. The summed E-state index contributed by atoms with van der Waals surface area (Å²) >= 11 is 0. The zero-order valence-electron chi connectivity index (χ0n) is 16.4. The molecule has 3 N–H and O–H groups in total. The highest BCUT2D eigenvalue weighted by Gasteiger charge is 2.31. The molecule has 2 aromatic heterocycles. The molecule has 0 spiro atoms. The third-order valence-electron chi connectivity index (χ3n) is 4.79. The van der Waals surface area contributed by atoms with Gasteiger partial charge in [0.2, 0.25) is 11.9 Å². The van der Waals surface area contributed by atoms with E-state index in [1.165, 1.54) is 0 Å². The SMILES string of the molecule is CC(C)(C)OC(=O)N[C@@H]1CCN(c2nc(NC(=O)C3CC3)nc3[nH]ccc23)C1. The van der Waals surface area contributed by atoms with Crippen LogP contribution in [0.5, 0.6) is 0 Å². The first kappa shape index (κ1) is 18.5. The molecule has 0 radical (unpaired) electrons. The molecular weight excluding hydrogens is 360 g/mol. The summed E-state index contributed by atoms with van der Waals surface area (Å²) in [6, 6.07) is 1.90. The second-order valence-corrected chi connectivity index (χ2v) is 8.45. The topological polar surface area (TPSA) is 112 Å². The summed E-state index contributed by atoms with van der Waals surface area (Å²) in [7, 11) is 0. The van der Waals surface area contributed by atoms with Gasteiger partial charge in [-0.25, -0.2) is 4.79 Å². The highest BCUT2D eigenvalue weighted by Crippen LogP contribution is 2.31. The third kappa shape index (κ3) is 4.18. The zero-order chi connectivity index (χ0) is 19.9. The number of aromatic amines is 1. The first-order valence-corrected chi connectivity index (χ1v) is 9.69. The first-order chi connectivity index (χ1) is 13.3. The van der Waals surface area contributed by atoms with Crippen LogP contribution in [0, 0.1) is 5.92 Å². The normalized spacial score (nSPS) is 19.7. The number of hydrogen-bond acceptors (Lipinski definition) is 6. The van der Waals surface area contributed by atoms with Crippen molar-refractivity contribution in [2.24, 2.45) is 5.92 Å². The molecule has 1 aliphatic heterocycles. The van der Waals surface area contributed by atoms with E-state index in [4.69, 9.17) is 4.74 Å². The van der Waals surface area contributed by atoms with Gasteiger partial charge in [0, 0.05) is 25.2 Å². The number of rotatable bonds is 4. The Kier molecular flexibility index (Phi) is 4.60. The lowest BCUT2D eigenvalue weighted by Crippen LogP contribution is -2.40. The van der Waals surface area contributed by atoms with Crippen molar-refractivity contribution in [1.82, 2.24) is 20.3 Å². The van der Waals surface area contributed by atoms with Crippen molar-refractivity contribution in [3.8, 4) is 0 Å². The maximum Gasteiger partial charge on any atom is 0.407 e. The van der Waals surface area contributed by atoms with Gasteiger partial charge in [0.25, 0.3) is 0 Å². The minimum absolute atomic E-state index is 0.0247. The van der Waals surface area contributed by atoms with E-state index in [2.05, 4.69) is 30.5 Å². The van der Waals surface area contributed by atoms with Gasteiger partial charge in [-0.15, -0.1) is 0 Å². The van der Waals surface area contributed by atoms with Crippen LogP contribution in [-0.2, 0) is 9.53 Å². The molecule has 1 saturated carbocycles. The van der Waals surface area contributed by atoms with Crippen LogP contribution in [0.15, 0.2) is 12.3 Å². The Morgan fingerprint density at radius 3 is 2.75 bits per heavy atom. The van der Waals surface area contributed by atoms with Crippen molar-refractivity contribution in [3.05, 3.63) is 12.3 Å². The summed E-state index contributed by atoms with van der Waals surface area (Å²) in [5.41, 5.74) is 0.153. The van der Waals surface area contributed by atoms with Crippen LogP contribution in [0.4, 0.5) is 16.6 Å².